The van der Waals surface area contributed by atoms with Crippen LogP contribution in [0.5, 0.6) is 0 Å². The first-order valence-electron chi connectivity index (χ1n) is 4.14. The molecule has 0 aliphatic rings. The average Bonchev–Trinajstić information content (AvgIpc) is 2.08. The van der Waals surface area contributed by atoms with E-state index in [1.54, 1.807) is 13.8 Å². The van der Waals surface area contributed by atoms with Gasteiger partial charge in [0.15, 0.2) is 0 Å². The van der Waals surface area contributed by atoms with Crippen LogP contribution in [0.25, 0.3) is 0 Å². The van der Waals surface area contributed by atoms with Gasteiger partial charge in [-0.2, -0.15) is 0 Å². The molecule has 0 amide bonds. The molecule has 5 nitrogen and oxygen atoms in total. The van der Waals surface area contributed by atoms with Crippen molar-refractivity contribution in [2.24, 2.45) is 0 Å². The van der Waals surface area contributed by atoms with E-state index in [1.807, 2.05) is 0 Å². The van der Waals surface area contributed by atoms with E-state index < -0.39 is 11.9 Å². The van der Waals surface area contributed by atoms with E-state index in [9.17, 15) is 19.8 Å². The van der Waals surface area contributed by atoms with Gasteiger partial charge in [-0.05, 0) is 12.8 Å². The Morgan fingerprint density at radius 1 is 0.929 bits per heavy atom. The minimum atomic E-state index is -0.961. The second-order valence-corrected chi connectivity index (χ2v) is 2.24. The van der Waals surface area contributed by atoms with Gasteiger partial charge in [-0.3, -0.25) is 0 Å². The zero-order chi connectivity index (χ0) is 12.0. The molecule has 0 atom stereocenters. The van der Waals surface area contributed by atoms with Crippen LogP contribution < -0.4 is 10.2 Å². The summed E-state index contributed by atoms with van der Waals surface area (Å²) in [5, 5.41) is 19.0. The van der Waals surface area contributed by atoms with Crippen molar-refractivity contribution in [3.8, 4) is 0 Å². The van der Waals surface area contributed by atoms with Crippen LogP contribution in [0.1, 0.15) is 39.5 Å². The van der Waals surface area contributed by atoms with Gasteiger partial charge in [-0.15, -0.1) is 0 Å². The Balaban J connectivity index is -0.000000147. The Kier molecular flexibility index (Phi) is 25.3. The number of carboxylic acid groups (broad SMARTS) is 2. The number of carbonyl (C=O) groups excluding carboxylic acids is 2. The molecule has 0 heterocycles. The Bertz CT molecular complexity index is 133. The van der Waals surface area contributed by atoms with Crippen molar-refractivity contribution >= 4 is 11.9 Å². The van der Waals surface area contributed by atoms with Crippen LogP contribution >= 0.6 is 0 Å². The van der Waals surface area contributed by atoms with E-state index >= 15 is 0 Å². The summed E-state index contributed by atoms with van der Waals surface area (Å²) in [6.07, 6.45) is 1.70. The van der Waals surface area contributed by atoms with Crippen LogP contribution in [0.15, 0.2) is 0 Å². The number of aliphatic carboxylic acids is 2. The molecule has 0 aliphatic heterocycles. The molecule has 0 aromatic carbocycles. The molecule has 0 aromatic rings. The molecule has 6 heteroatoms. The molecule has 80 valence electrons. The summed E-state index contributed by atoms with van der Waals surface area (Å²) < 4.78 is 8.34. The summed E-state index contributed by atoms with van der Waals surface area (Å²) in [6, 6.07) is 0. The minimum absolute atomic E-state index is 0.181. The maximum atomic E-state index is 9.49. The van der Waals surface area contributed by atoms with E-state index in [0.29, 0.717) is 37.6 Å². The summed E-state index contributed by atoms with van der Waals surface area (Å²) in [7, 11) is 0. The van der Waals surface area contributed by atoms with Gasteiger partial charge < -0.3 is 19.8 Å². The number of hydrogen-bond donors (Lipinski definition) is 0. The molecule has 0 aliphatic carbocycles. The molecule has 0 fully saturated rings. The molecule has 0 unspecified atom stereocenters. The fourth-order valence-corrected chi connectivity index (χ4v) is 0.408. The summed E-state index contributed by atoms with van der Waals surface area (Å²) in [5.74, 6) is -1.92. The molecule has 0 saturated heterocycles. The van der Waals surface area contributed by atoms with Crippen molar-refractivity contribution in [3.63, 3.8) is 0 Å². The summed E-state index contributed by atoms with van der Waals surface area (Å²) in [4.78, 5) is 19.0. The first-order chi connectivity index (χ1) is 6.54. The quantitative estimate of drug-likeness (QED) is 0.655. The monoisotopic (exact) mass is 280 g/mol. The fourth-order valence-electron chi connectivity index (χ4n) is 0.408. The van der Waals surface area contributed by atoms with Crippen LogP contribution in [0.2, 0.25) is 0 Å². The second kappa shape index (κ2) is 18.4. The Labute approximate surface area is 98.8 Å². The van der Waals surface area contributed by atoms with Crippen LogP contribution in [0.4, 0.5) is 0 Å². The summed E-state index contributed by atoms with van der Waals surface area (Å²) in [5.41, 5.74) is 0. The second-order valence-electron chi connectivity index (χ2n) is 2.24. The predicted octanol–water partition coefficient (Wildman–Crippen LogP) is -1.05. The van der Waals surface area contributed by atoms with Crippen LogP contribution in [-0.2, 0) is 37.1 Å². The normalized spacial score (nSPS) is 7.43. The number of carboxylic acids is 2. The third-order valence-electron chi connectivity index (χ3n) is 0.908. The van der Waals surface area contributed by atoms with Gasteiger partial charge in [0.05, 0.1) is 0 Å². The Morgan fingerprint density at radius 2 is 1.14 bits per heavy atom. The van der Waals surface area contributed by atoms with Gasteiger partial charge in [-0.25, -0.2) is 0 Å². The van der Waals surface area contributed by atoms with Crippen molar-refractivity contribution in [2.45, 2.75) is 39.5 Å². The molecule has 14 heavy (non-hydrogen) atoms. The molecule has 0 rings (SSSR count). The van der Waals surface area contributed by atoms with Gasteiger partial charge in [0, 0.05) is 11.9 Å². The Hall–Kier alpha value is -0.377. The molecular formula is C8H14O5Zr. The number of rotatable bonds is 4. The van der Waals surface area contributed by atoms with E-state index in [0.717, 1.165) is 0 Å². The standard InChI is InChI=1S/2C4H8O2.O.Zr/c2*1-2-3-4(5)6;;/h2*2-3H2,1H3,(H,5,6);;/q;;;+2/p-2. The van der Waals surface area contributed by atoms with E-state index in [1.165, 1.54) is 0 Å². The van der Waals surface area contributed by atoms with E-state index in [4.69, 9.17) is 2.81 Å². The molecule has 0 N–H and O–H groups in total. The molecule has 0 saturated carbocycles. The van der Waals surface area contributed by atoms with Crippen molar-refractivity contribution in [3.05, 3.63) is 0 Å². The van der Waals surface area contributed by atoms with Crippen molar-refractivity contribution in [2.75, 3.05) is 0 Å². The molecule has 0 radical (unpaired) electrons. The van der Waals surface area contributed by atoms with Gasteiger partial charge in [0.25, 0.3) is 0 Å². The fraction of sp³-hybridized carbons (Fsp3) is 0.750. The SMILES string of the molecule is CCCC(=O)[O-].CCCC(=O)[O-].[O]=[Zr+2]. The molecular weight excluding hydrogens is 267 g/mol. The van der Waals surface area contributed by atoms with Crippen molar-refractivity contribution in [1.29, 1.82) is 0 Å². The van der Waals surface area contributed by atoms with Crippen molar-refractivity contribution in [1.82, 2.24) is 0 Å². The predicted molar refractivity (Wildman–Crippen MR) is 40.5 cm³/mol. The average molecular weight is 281 g/mol. The number of hydrogen-bond acceptors (Lipinski definition) is 5. The summed E-state index contributed by atoms with van der Waals surface area (Å²) >= 11 is 0.300. The van der Waals surface area contributed by atoms with Crippen molar-refractivity contribution < 1.29 is 47.3 Å². The van der Waals surface area contributed by atoms with Crippen LogP contribution in [0.3, 0.4) is 0 Å². The third-order valence-corrected chi connectivity index (χ3v) is 0.908. The summed E-state index contributed by atoms with van der Waals surface area (Å²) in [6.45, 7) is 3.60. The topological polar surface area (TPSA) is 97.3 Å². The van der Waals surface area contributed by atoms with Gasteiger partial charge >= 0.3 is 27.5 Å². The molecule has 0 bridgehead atoms. The Morgan fingerprint density at radius 3 is 1.14 bits per heavy atom. The van der Waals surface area contributed by atoms with Gasteiger partial charge in [0.2, 0.25) is 0 Å². The van der Waals surface area contributed by atoms with Gasteiger partial charge in [-0.1, -0.05) is 26.7 Å². The zero-order valence-corrected chi connectivity index (χ0v) is 10.8. The third kappa shape index (κ3) is 41.5. The molecule has 0 spiro atoms. The zero-order valence-electron chi connectivity index (χ0n) is 8.37. The van der Waals surface area contributed by atoms with E-state index in [2.05, 4.69) is 0 Å². The maximum absolute atomic E-state index is 9.49. The first-order valence-corrected chi connectivity index (χ1v) is 5.15. The van der Waals surface area contributed by atoms with Crippen LogP contribution in [-0.4, -0.2) is 11.9 Å². The van der Waals surface area contributed by atoms with Crippen LogP contribution in [0, 0.1) is 0 Å². The van der Waals surface area contributed by atoms with Gasteiger partial charge in [0.1, 0.15) is 0 Å². The van der Waals surface area contributed by atoms with E-state index in [-0.39, 0.29) is 12.8 Å². The number of carbonyl (C=O) groups is 2. The first kappa shape index (κ1) is 19.2. The molecule has 0 aromatic heterocycles.